The van der Waals surface area contributed by atoms with Crippen LogP contribution in [0.4, 0.5) is 17.3 Å². The van der Waals surface area contributed by atoms with Crippen LogP contribution in [-0.2, 0) is 5.41 Å². The van der Waals surface area contributed by atoms with Gasteiger partial charge in [0.15, 0.2) is 0 Å². The van der Waals surface area contributed by atoms with Crippen molar-refractivity contribution in [2.75, 3.05) is 10.7 Å². The maximum atomic E-state index is 5.50. The molecule has 5 heteroatoms. The van der Waals surface area contributed by atoms with Gasteiger partial charge in [0.2, 0.25) is 0 Å². The fourth-order valence-electron chi connectivity index (χ4n) is 2.12. The Labute approximate surface area is 126 Å². The standard InChI is InChI=1S/C16H23N5/c1-10-6-11(2)8-12(7-10)18-13-9-14(21-17)20-15(19-13)16(3,4)5/h6-9H,17H2,1-5H3,(H2,18,19,20,21). The molecule has 21 heavy (non-hydrogen) atoms. The van der Waals surface area contributed by atoms with Gasteiger partial charge in [0.05, 0.1) is 0 Å². The summed E-state index contributed by atoms with van der Waals surface area (Å²) in [6.45, 7) is 10.4. The van der Waals surface area contributed by atoms with Crippen LogP contribution in [0.3, 0.4) is 0 Å². The first kappa shape index (κ1) is 15.3. The summed E-state index contributed by atoms with van der Waals surface area (Å²) in [6.07, 6.45) is 0. The maximum Gasteiger partial charge on any atom is 0.145 e. The highest BCUT2D eigenvalue weighted by Crippen LogP contribution is 2.24. The Balaban J connectivity index is 2.39. The van der Waals surface area contributed by atoms with E-state index in [1.807, 2.05) is 0 Å². The zero-order chi connectivity index (χ0) is 15.6. The van der Waals surface area contributed by atoms with Crippen LogP contribution < -0.4 is 16.6 Å². The lowest BCUT2D eigenvalue weighted by atomic mass is 9.96. The lowest BCUT2D eigenvalue weighted by Gasteiger charge is -2.19. The largest absolute Gasteiger partial charge is 0.340 e. The van der Waals surface area contributed by atoms with E-state index in [2.05, 4.69) is 73.5 Å². The second-order valence-electron chi connectivity index (χ2n) is 6.36. The van der Waals surface area contributed by atoms with Gasteiger partial charge in [0, 0.05) is 17.2 Å². The summed E-state index contributed by atoms with van der Waals surface area (Å²) < 4.78 is 0. The van der Waals surface area contributed by atoms with Crippen LogP contribution in [0.5, 0.6) is 0 Å². The molecule has 0 aliphatic rings. The van der Waals surface area contributed by atoms with Crippen molar-refractivity contribution in [2.24, 2.45) is 5.84 Å². The molecule has 5 nitrogen and oxygen atoms in total. The van der Waals surface area contributed by atoms with E-state index in [4.69, 9.17) is 5.84 Å². The third kappa shape index (κ3) is 3.92. The number of rotatable bonds is 3. The van der Waals surface area contributed by atoms with E-state index < -0.39 is 0 Å². The van der Waals surface area contributed by atoms with Crippen LogP contribution >= 0.6 is 0 Å². The highest BCUT2D eigenvalue weighted by molar-refractivity contribution is 5.60. The Morgan fingerprint density at radius 2 is 1.48 bits per heavy atom. The van der Waals surface area contributed by atoms with Crippen LogP contribution in [0.1, 0.15) is 37.7 Å². The third-order valence-electron chi connectivity index (χ3n) is 3.04. The summed E-state index contributed by atoms with van der Waals surface area (Å²) in [5, 5.41) is 3.33. The van der Waals surface area contributed by atoms with Gasteiger partial charge in [-0.05, 0) is 37.1 Å². The van der Waals surface area contributed by atoms with E-state index in [0.29, 0.717) is 5.82 Å². The molecule has 0 aliphatic carbocycles. The number of nitrogens with one attached hydrogen (secondary N) is 2. The zero-order valence-corrected chi connectivity index (χ0v) is 13.3. The maximum absolute atomic E-state index is 5.50. The quantitative estimate of drug-likeness (QED) is 0.595. The molecule has 0 saturated carbocycles. The zero-order valence-electron chi connectivity index (χ0n) is 13.3. The number of benzene rings is 1. The average Bonchev–Trinajstić information content (AvgIpc) is 2.36. The predicted octanol–water partition coefficient (Wildman–Crippen LogP) is 3.42. The van der Waals surface area contributed by atoms with Gasteiger partial charge in [-0.15, -0.1) is 0 Å². The number of anilines is 3. The van der Waals surface area contributed by atoms with Gasteiger partial charge in [0.25, 0.3) is 0 Å². The van der Waals surface area contributed by atoms with E-state index in [1.54, 1.807) is 6.07 Å². The fraction of sp³-hybridized carbons (Fsp3) is 0.375. The molecule has 0 radical (unpaired) electrons. The van der Waals surface area contributed by atoms with Crippen LogP contribution in [0, 0.1) is 13.8 Å². The molecule has 2 rings (SSSR count). The number of nitrogen functional groups attached to an aromatic ring is 1. The minimum atomic E-state index is -0.147. The van der Waals surface area contributed by atoms with E-state index in [-0.39, 0.29) is 5.41 Å². The Morgan fingerprint density at radius 3 is 2.00 bits per heavy atom. The second kappa shape index (κ2) is 5.69. The van der Waals surface area contributed by atoms with Crippen molar-refractivity contribution in [1.29, 1.82) is 0 Å². The van der Waals surface area contributed by atoms with Gasteiger partial charge >= 0.3 is 0 Å². The molecule has 0 bridgehead atoms. The van der Waals surface area contributed by atoms with Crippen molar-refractivity contribution >= 4 is 17.3 Å². The van der Waals surface area contributed by atoms with E-state index in [9.17, 15) is 0 Å². The fourth-order valence-corrected chi connectivity index (χ4v) is 2.12. The molecule has 0 atom stereocenters. The minimum Gasteiger partial charge on any atom is -0.340 e. The molecule has 0 aliphatic heterocycles. The van der Waals surface area contributed by atoms with Crippen molar-refractivity contribution < 1.29 is 0 Å². The molecule has 1 heterocycles. The molecular formula is C16H23N5. The van der Waals surface area contributed by atoms with Crippen molar-refractivity contribution in [2.45, 2.75) is 40.0 Å². The van der Waals surface area contributed by atoms with Crippen LogP contribution in [0.15, 0.2) is 24.3 Å². The second-order valence-corrected chi connectivity index (χ2v) is 6.36. The van der Waals surface area contributed by atoms with Gasteiger partial charge in [-0.2, -0.15) is 0 Å². The highest BCUT2D eigenvalue weighted by atomic mass is 15.3. The Bertz CT molecular complexity index is 623. The summed E-state index contributed by atoms with van der Waals surface area (Å²) in [7, 11) is 0. The van der Waals surface area contributed by atoms with Crippen molar-refractivity contribution in [1.82, 2.24) is 9.97 Å². The van der Waals surface area contributed by atoms with E-state index >= 15 is 0 Å². The predicted molar refractivity (Wildman–Crippen MR) is 87.7 cm³/mol. The molecule has 4 N–H and O–H groups in total. The van der Waals surface area contributed by atoms with Crippen LogP contribution in [0.2, 0.25) is 0 Å². The molecule has 2 aromatic rings. The molecule has 0 saturated heterocycles. The monoisotopic (exact) mass is 285 g/mol. The lowest BCUT2D eigenvalue weighted by Crippen LogP contribution is -2.19. The lowest BCUT2D eigenvalue weighted by molar-refractivity contribution is 0.547. The van der Waals surface area contributed by atoms with Crippen LogP contribution in [0.25, 0.3) is 0 Å². The Kier molecular flexibility index (Phi) is 4.14. The normalized spacial score (nSPS) is 11.3. The Morgan fingerprint density at radius 1 is 0.905 bits per heavy atom. The van der Waals surface area contributed by atoms with Crippen LogP contribution in [-0.4, -0.2) is 9.97 Å². The van der Waals surface area contributed by atoms with E-state index in [1.165, 1.54) is 11.1 Å². The number of hydrogen-bond acceptors (Lipinski definition) is 5. The highest BCUT2D eigenvalue weighted by Gasteiger charge is 2.19. The van der Waals surface area contributed by atoms with E-state index in [0.717, 1.165) is 17.3 Å². The number of hydrogen-bond donors (Lipinski definition) is 3. The first-order chi connectivity index (χ1) is 9.77. The minimum absolute atomic E-state index is 0.147. The number of nitrogens with two attached hydrogens (primary N) is 1. The topological polar surface area (TPSA) is 75.9 Å². The molecule has 1 aromatic carbocycles. The summed E-state index contributed by atoms with van der Waals surface area (Å²) in [6, 6.07) is 8.11. The van der Waals surface area contributed by atoms with Gasteiger partial charge < -0.3 is 10.7 Å². The molecule has 1 aromatic heterocycles. The summed E-state index contributed by atoms with van der Waals surface area (Å²) >= 11 is 0. The molecule has 112 valence electrons. The molecule has 0 amide bonds. The summed E-state index contributed by atoms with van der Waals surface area (Å²) in [5.41, 5.74) is 5.87. The molecule has 0 fully saturated rings. The van der Waals surface area contributed by atoms with Gasteiger partial charge in [0.1, 0.15) is 17.5 Å². The first-order valence-electron chi connectivity index (χ1n) is 6.99. The number of nitrogens with zero attached hydrogens (tertiary/aromatic N) is 2. The third-order valence-corrected chi connectivity index (χ3v) is 3.04. The summed E-state index contributed by atoms with van der Waals surface area (Å²) in [4.78, 5) is 9.00. The SMILES string of the molecule is Cc1cc(C)cc(Nc2cc(NN)nc(C(C)(C)C)n2)c1. The van der Waals surface area contributed by atoms with Gasteiger partial charge in [-0.1, -0.05) is 26.8 Å². The average molecular weight is 285 g/mol. The van der Waals surface area contributed by atoms with Crippen molar-refractivity contribution in [3.05, 3.63) is 41.2 Å². The first-order valence-corrected chi connectivity index (χ1v) is 6.99. The number of aromatic nitrogens is 2. The van der Waals surface area contributed by atoms with Crippen molar-refractivity contribution in [3.63, 3.8) is 0 Å². The Hall–Kier alpha value is -2.14. The molecular weight excluding hydrogens is 262 g/mol. The molecule has 0 unspecified atom stereocenters. The molecule has 0 spiro atoms. The van der Waals surface area contributed by atoms with Crippen molar-refractivity contribution in [3.8, 4) is 0 Å². The smallest absolute Gasteiger partial charge is 0.145 e. The number of aryl methyl sites for hydroxylation is 2. The summed E-state index contributed by atoms with van der Waals surface area (Å²) in [5.74, 6) is 7.57. The number of hydrazine groups is 1. The van der Waals surface area contributed by atoms with Gasteiger partial charge in [-0.25, -0.2) is 15.8 Å². The van der Waals surface area contributed by atoms with Gasteiger partial charge in [-0.3, -0.25) is 0 Å².